The first-order chi connectivity index (χ1) is 7.27. The average molecular weight is 212 g/mol. The van der Waals surface area contributed by atoms with E-state index in [9.17, 15) is 4.79 Å². The Balaban J connectivity index is 3.04. The number of esters is 1. The van der Waals surface area contributed by atoms with E-state index in [4.69, 9.17) is 0 Å². The van der Waals surface area contributed by atoms with Gasteiger partial charge in [0.25, 0.3) is 0 Å². The fraction of sp³-hybridized carbons (Fsp3) is 0.769. The minimum absolute atomic E-state index is 0.245. The van der Waals surface area contributed by atoms with E-state index in [-0.39, 0.29) is 5.97 Å². The van der Waals surface area contributed by atoms with Crippen molar-refractivity contribution < 1.29 is 9.53 Å². The first-order valence-electron chi connectivity index (χ1n) is 6.09. The van der Waals surface area contributed by atoms with Crippen molar-refractivity contribution in [3.63, 3.8) is 0 Å². The molecule has 2 heteroatoms. The minimum atomic E-state index is -0.245. The molecular formula is C13H24O2. The van der Waals surface area contributed by atoms with Crippen molar-refractivity contribution in [2.24, 2.45) is 0 Å². The van der Waals surface area contributed by atoms with E-state index in [0.29, 0.717) is 0 Å². The zero-order valence-corrected chi connectivity index (χ0v) is 10.1. The monoisotopic (exact) mass is 212 g/mol. The van der Waals surface area contributed by atoms with Crippen LogP contribution in [0.1, 0.15) is 65.2 Å². The Bertz CT molecular complexity index is 173. The molecule has 0 saturated carbocycles. The van der Waals surface area contributed by atoms with E-state index in [1.165, 1.54) is 58.1 Å². The van der Waals surface area contributed by atoms with Gasteiger partial charge in [0.05, 0.1) is 6.26 Å². The van der Waals surface area contributed by atoms with E-state index in [2.05, 4.69) is 11.7 Å². The van der Waals surface area contributed by atoms with Gasteiger partial charge in [0, 0.05) is 6.92 Å². The third kappa shape index (κ3) is 13.2. The van der Waals surface area contributed by atoms with Crippen LogP contribution in [0.15, 0.2) is 12.3 Å². The standard InChI is InChI=1S/C13H24O2/c1-3-4-5-6-7-8-9-10-11-12-15-13(2)14/h11-12H,3-10H2,1-2H3/b12-11+. The summed E-state index contributed by atoms with van der Waals surface area (Å²) in [5.41, 5.74) is 0. The molecule has 15 heavy (non-hydrogen) atoms. The third-order valence-corrected chi connectivity index (χ3v) is 2.30. The van der Waals surface area contributed by atoms with E-state index < -0.39 is 0 Å². The van der Waals surface area contributed by atoms with Crippen LogP contribution in [0.2, 0.25) is 0 Å². The Morgan fingerprint density at radius 1 is 1.07 bits per heavy atom. The van der Waals surface area contributed by atoms with Crippen molar-refractivity contribution in [3.8, 4) is 0 Å². The minimum Gasteiger partial charge on any atom is -0.435 e. The lowest BCUT2D eigenvalue weighted by Gasteiger charge is -1.98. The average Bonchev–Trinajstić information content (AvgIpc) is 2.20. The molecule has 0 saturated heterocycles. The van der Waals surface area contributed by atoms with Crippen molar-refractivity contribution in [1.82, 2.24) is 0 Å². The number of hydrogen-bond acceptors (Lipinski definition) is 2. The van der Waals surface area contributed by atoms with Gasteiger partial charge in [-0.05, 0) is 18.9 Å². The SMILES string of the molecule is CCCCCCCCC/C=C/OC(C)=O. The quantitative estimate of drug-likeness (QED) is 0.325. The van der Waals surface area contributed by atoms with E-state index in [1.54, 1.807) is 0 Å². The van der Waals surface area contributed by atoms with Gasteiger partial charge in [0.1, 0.15) is 0 Å². The van der Waals surface area contributed by atoms with Crippen LogP contribution in [0.5, 0.6) is 0 Å². The highest BCUT2D eigenvalue weighted by Gasteiger charge is 1.89. The Morgan fingerprint density at radius 2 is 1.67 bits per heavy atom. The summed E-state index contributed by atoms with van der Waals surface area (Å²) in [6.07, 6.45) is 13.7. The van der Waals surface area contributed by atoms with Crippen LogP contribution in [-0.2, 0) is 9.53 Å². The van der Waals surface area contributed by atoms with Gasteiger partial charge < -0.3 is 4.74 Å². The maximum atomic E-state index is 10.4. The number of allylic oxidation sites excluding steroid dienone is 1. The summed E-state index contributed by atoms with van der Waals surface area (Å²) in [4.78, 5) is 10.4. The molecule has 0 rings (SSSR count). The molecule has 88 valence electrons. The fourth-order valence-electron chi connectivity index (χ4n) is 1.43. The Kier molecular flexibility index (Phi) is 10.7. The molecular weight excluding hydrogens is 188 g/mol. The third-order valence-electron chi connectivity index (χ3n) is 2.30. The number of ether oxygens (including phenoxy) is 1. The Morgan fingerprint density at radius 3 is 2.27 bits per heavy atom. The van der Waals surface area contributed by atoms with Crippen LogP contribution in [-0.4, -0.2) is 5.97 Å². The maximum Gasteiger partial charge on any atom is 0.307 e. The summed E-state index contributed by atoms with van der Waals surface area (Å²) in [7, 11) is 0. The lowest BCUT2D eigenvalue weighted by Crippen LogP contribution is -1.89. The molecule has 0 aromatic heterocycles. The van der Waals surface area contributed by atoms with Crippen molar-refractivity contribution >= 4 is 5.97 Å². The van der Waals surface area contributed by atoms with Crippen molar-refractivity contribution in [2.45, 2.75) is 65.2 Å². The van der Waals surface area contributed by atoms with Crippen LogP contribution in [0.3, 0.4) is 0 Å². The number of rotatable bonds is 9. The Labute approximate surface area is 93.7 Å². The van der Waals surface area contributed by atoms with Crippen LogP contribution in [0, 0.1) is 0 Å². The number of carbonyl (C=O) groups excluding carboxylic acids is 1. The van der Waals surface area contributed by atoms with Crippen LogP contribution >= 0.6 is 0 Å². The fourth-order valence-corrected chi connectivity index (χ4v) is 1.43. The van der Waals surface area contributed by atoms with E-state index in [1.807, 2.05) is 6.08 Å². The van der Waals surface area contributed by atoms with Crippen LogP contribution in [0.25, 0.3) is 0 Å². The lowest BCUT2D eigenvalue weighted by molar-refractivity contribution is -0.135. The molecule has 0 aliphatic carbocycles. The summed E-state index contributed by atoms with van der Waals surface area (Å²) >= 11 is 0. The molecule has 0 aromatic rings. The molecule has 0 unspecified atom stereocenters. The highest BCUT2D eigenvalue weighted by molar-refractivity contribution is 5.66. The number of hydrogen-bond donors (Lipinski definition) is 0. The molecule has 0 amide bonds. The van der Waals surface area contributed by atoms with Gasteiger partial charge >= 0.3 is 5.97 Å². The van der Waals surface area contributed by atoms with E-state index in [0.717, 1.165) is 6.42 Å². The lowest BCUT2D eigenvalue weighted by atomic mass is 10.1. The summed E-state index contributed by atoms with van der Waals surface area (Å²) in [6, 6.07) is 0. The molecule has 0 heterocycles. The Hall–Kier alpha value is -0.790. The van der Waals surface area contributed by atoms with E-state index >= 15 is 0 Å². The smallest absolute Gasteiger partial charge is 0.307 e. The maximum absolute atomic E-state index is 10.4. The normalized spacial score (nSPS) is 10.8. The molecule has 0 fully saturated rings. The number of unbranched alkanes of at least 4 members (excludes halogenated alkanes) is 7. The molecule has 0 aliphatic rings. The second-order valence-electron chi connectivity index (χ2n) is 3.89. The van der Waals surface area contributed by atoms with Gasteiger partial charge in [-0.15, -0.1) is 0 Å². The molecule has 0 radical (unpaired) electrons. The zero-order valence-electron chi connectivity index (χ0n) is 10.1. The van der Waals surface area contributed by atoms with Gasteiger partial charge in [-0.3, -0.25) is 4.79 Å². The predicted octanol–water partition coefficient (Wildman–Crippen LogP) is 4.20. The topological polar surface area (TPSA) is 26.3 Å². The molecule has 0 bridgehead atoms. The first-order valence-corrected chi connectivity index (χ1v) is 6.09. The van der Waals surface area contributed by atoms with Crippen molar-refractivity contribution in [2.75, 3.05) is 0 Å². The van der Waals surface area contributed by atoms with Gasteiger partial charge in [-0.25, -0.2) is 0 Å². The van der Waals surface area contributed by atoms with Crippen LogP contribution < -0.4 is 0 Å². The largest absolute Gasteiger partial charge is 0.435 e. The second kappa shape index (κ2) is 11.3. The van der Waals surface area contributed by atoms with Gasteiger partial charge in [-0.2, -0.15) is 0 Å². The highest BCUT2D eigenvalue weighted by atomic mass is 16.5. The molecule has 0 atom stereocenters. The molecule has 0 aliphatic heterocycles. The molecule has 0 aromatic carbocycles. The second-order valence-corrected chi connectivity index (χ2v) is 3.89. The van der Waals surface area contributed by atoms with Crippen LogP contribution in [0.4, 0.5) is 0 Å². The summed E-state index contributed by atoms with van der Waals surface area (Å²) < 4.78 is 4.68. The van der Waals surface area contributed by atoms with Gasteiger partial charge in [0.15, 0.2) is 0 Å². The summed E-state index contributed by atoms with van der Waals surface area (Å²) in [6.45, 7) is 3.65. The first kappa shape index (κ1) is 14.2. The highest BCUT2D eigenvalue weighted by Crippen LogP contribution is 2.08. The van der Waals surface area contributed by atoms with Crippen molar-refractivity contribution in [1.29, 1.82) is 0 Å². The molecule has 0 spiro atoms. The van der Waals surface area contributed by atoms with Gasteiger partial charge in [0.2, 0.25) is 0 Å². The molecule has 0 N–H and O–H groups in total. The summed E-state index contributed by atoms with van der Waals surface area (Å²) in [5, 5.41) is 0. The number of carbonyl (C=O) groups is 1. The molecule has 2 nitrogen and oxygen atoms in total. The van der Waals surface area contributed by atoms with Crippen molar-refractivity contribution in [3.05, 3.63) is 12.3 Å². The predicted molar refractivity (Wildman–Crippen MR) is 63.5 cm³/mol. The zero-order chi connectivity index (χ0) is 11.4. The van der Waals surface area contributed by atoms with Gasteiger partial charge in [-0.1, -0.05) is 45.4 Å². The summed E-state index contributed by atoms with van der Waals surface area (Å²) in [5.74, 6) is -0.245.